The molecular weight excluding hydrogens is 495 g/mol. The number of rotatable bonds is 6. The van der Waals surface area contributed by atoms with E-state index in [1.54, 1.807) is 30.5 Å². The van der Waals surface area contributed by atoms with Gasteiger partial charge in [0.1, 0.15) is 23.0 Å². The highest BCUT2D eigenvalue weighted by atomic mass is 19.1. The average Bonchev–Trinajstić information content (AvgIpc) is 3.18. The van der Waals surface area contributed by atoms with Gasteiger partial charge in [0, 0.05) is 48.2 Å². The first-order chi connectivity index (χ1) is 18.4. The number of piperidine rings is 1. The SMILES string of the molecule is CN1C(C)(C)CC(NC(=O)c2cc(Oc3ccc4c(c3)nc(Nc3ccc(F)cc3)n4C)ccn2)CC1(C)C. The second-order valence-electron chi connectivity index (χ2n) is 11.5. The third-order valence-electron chi connectivity index (χ3n) is 7.80. The molecule has 0 atom stereocenters. The summed E-state index contributed by atoms with van der Waals surface area (Å²) in [7, 11) is 4.05. The molecule has 1 fully saturated rings. The minimum atomic E-state index is -0.293. The van der Waals surface area contributed by atoms with Gasteiger partial charge in [-0.15, -0.1) is 0 Å². The van der Waals surface area contributed by atoms with Crippen LogP contribution >= 0.6 is 0 Å². The van der Waals surface area contributed by atoms with E-state index in [2.05, 4.69) is 60.2 Å². The van der Waals surface area contributed by atoms with Gasteiger partial charge in [0.05, 0.1) is 11.0 Å². The van der Waals surface area contributed by atoms with Crippen molar-refractivity contribution in [2.45, 2.75) is 57.7 Å². The van der Waals surface area contributed by atoms with E-state index in [1.807, 2.05) is 29.8 Å². The number of carbonyl (C=O) groups is 1. The molecule has 204 valence electrons. The van der Waals surface area contributed by atoms with Crippen LogP contribution in [-0.4, -0.2) is 49.5 Å². The van der Waals surface area contributed by atoms with E-state index >= 15 is 0 Å². The fraction of sp³-hybridized carbons (Fsp3) is 0.367. The summed E-state index contributed by atoms with van der Waals surface area (Å²) in [5.74, 6) is 1.22. The number of pyridine rings is 1. The second kappa shape index (κ2) is 9.96. The topological polar surface area (TPSA) is 84.3 Å². The zero-order valence-electron chi connectivity index (χ0n) is 23.2. The summed E-state index contributed by atoms with van der Waals surface area (Å²) in [6.07, 6.45) is 3.30. The molecule has 8 nitrogen and oxygen atoms in total. The molecule has 2 aromatic heterocycles. The summed E-state index contributed by atoms with van der Waals surface area (Å²) in [4.78, 5) is 24.5. The van der Waals surface area contributed by atoms with Gasteiger partial charge >= 0.3 is 0 Å². The number of benzene rings is 2. The number of imidazole rings is 1. The zero-order chi connectivity index (χ0) is 27.9. The summed E-state index contributed by atoms with van der Waals surface area (Å²) in [5, 5.41) is 6.40. The van der Waals surface area contributed by atoms with Crippen molar-refractivity contribution in [2.24, 2.45) is 7.05 Å². The number of likely N-dealkylation sites (tertiary alicyclic amines) is 1. The van der Waals surface area contributed by atoms with Crippen LogP contribution in [-0.2, 0) is 7.05 Å². The molecule has 9 heteroatoms. The first kappa shape index (κ1) is 26.6. The highest BCUT2D eigenvalue weighted by molar-refractivity contribution is 5.92. The number of fused-ring (bicyclic) bond motifs is 1. The standard InChI is InChI=1S/C30H35FN6O2/c1-29(2)17-21(18-30(3,4)37(29)6)33-27(38)25-16-23(13-14-32-25)39-22-11-12-26-24(15-22)35-28(36(26)5)34-20-9-7-19(31)8-10-20/h7-16,21H,17-18H2,1-6H3,(H,33,38)(H,34,35). The van der Waals surface area contributed by atoms with Gasteiger partial charge in [-0.05, 0) is 90.0 Å². The first-order valence-electron chi connectivity index (χ1n) is 13.1. The molecule has 2 N–H and O–H groups in total. The number of carbonyl (C=O) groups excluding carboxylic acids is 1. The van der Waals surface area contributed by atoms with E-state index in [4.69, 9.17) is 4.74 Å². The van der Waals surface area contributed by atoms with Crippen molar-refractivity contribution < 1.29 is 13.9 Å². The number of amides is 1. The number of aryl methyl sites for hydroxylation is 1. The normalized spacial score (nSPS) is 17.2. The molecule has 39 heavy (non-hydrogen) atoms. The van der Waals surface area contributed by atoms with Crippen LogP contribution in [0, 0.1) is 5.82 Å². The van der Waals surface area contributed by atoms with Gasteiger partial charge in [-0.1, -0.05) is 0 Å². The Balaban J connectivity index is 1.29. The molecule has 1 amide bonds. The van der Waals surface area contributed by atoms with Crippen LogP contribution in [0.3, 0.4) is 0 Å². The highest BCUT2D eigenvalue weighted by Crippen LogP contribution is 2.37. The summed E-state index contributed by atoms with van der Waals surface area (Å²) < 4.78 is 21.3. The Morgan fingerprint density at radius 2 is 1.64 bits per heavy atom. The van der Waals surface area contributed by atoms with Crippen molar-refractivity contribution in [3.05, 3.63) is 72.3 Å². The van der Waals surface area contributed by atoms with Crippen LogP contribution in [0.2, 0.25) is 0 Å². The Bertz CT molecular complexity index is 1490. The second-order valence-corrected chi connectivity index (χ2v) is 11.5. The van der Waals surface area contributed by atoms with Crippen LogP contribution < -0.4 is 15.4 Å². The largest absolute Gasteiger partial charge is 0.457 e. The third-order valence-corrected chi connectivity index (χ3v) is 7.80. The number of nitrogens with one attached hydrogen (secondary N) is 2. The Hall–Kier alpha value is -3.98. The van der Waals surface area contributed by atoms with Gasteiger partial charge in [0.15, 0.2) is 0 Å². The molecule has 0 radical (unpaired) electrons. The molecular formula is C30H35FN6O2. The van der Waals surface area contributed by atoms with E-state index in [9.17, 15) is 9.18 Å². The maximum absolute atomic E-state index is 13.2. The summed E-state index contributed by atoms with van der Waals surface area (Å²) in [5.41, 5.74) is 2.63. The third kappa shape index (κ3) is 5.59. The van der Waals surface area contributed by atoms with Crippen molar-refractivity contribution in [1.82, 2.24) is 24.8 Å². The smallest absolute Gasteiger partial charge is 0.270 e. The molecule has 0 unspecified atom stereocenters. The molecule has 5 rings (SSSR count). The molecule has 0 spiro atoms. The lowest BCUT2D eigenvalue weighted by atomic mass is 9.77. The number of aromatic nitrogens is 3. The summed E-state index contributed by atoms with van der Waals surface area (Å²) in [6.45, 7) is 8.83. The maximum atomic E-state index is 13.2. The quantitative estimate of drug-likeness (QED) is 0.317. The Labute approximate surface area is 228 Å². The lowest BCUT2D eigenvalue weighted by Gasteiger charge is -2.53. The molecule has 2 aromatic carbocycles. The van der Waals surface area contributed by atoms with Crippen molar-refractivity contribution in [2.75, 3.05) is 12.4 Å². The van der Waals surface area contributed by atoms with Crippen molar-refractivity contribution >= 4 is 28.6 Å². The van der Waals surface area contributed by atoms with E-state index in [-0.39, 0.29) is 28.8 Å². The minimum absolute atomic E-state index is 0.0311. The minimum Gasteiger partial charge on any atom is -0.457 e. The number of ether oxygens (including phenoxy) is 1. The number of nitrogens with zero attached hydrogens (tertiary/aromatic N) is 4. The van der Waals surface area contributed by atoms with Gasteiger partial charge < -0.3 is 19.9 Å². The Morgan fingerprint density at radius 1 is 0.974 bits per heavy atom. The van der Waals surface area contributed by atoms with Crippen molar-refractivity contribution in [1.29, 1.82) is 0 Å². The van der Waals surface area contributed by atoms with E-state index < -0.39 is 0 Å². The first-order valence-corrected chi connectivity index (χ1v) is 13.1. The van der Waals surface area contributed by atoms with Crippen molar-refractivity contribution in [3.8, 4) is 11.5 Å². The number of anilines is 2. The van der Waals surface area contributed by atoms with Crippen LogP contribution in [0.25, 0.3) is 11.0 Å². The predicted octanol–water partition coefficient (Wildman–Crippen LogP) is 6.02. The lowest BCUT2D eigenvalue weighted by Crippen LogP contribution is -2.62. The van der Waals surface area contributed by atoms with E-state index in [0.717, 1.165) is 29.6 Å². The van der Waals surface area contributed by atoms with Gasteiger partial charge in [-0.25, -0.2) is 9.37 Å². The van der Waals surface area contributed by atoms with Crippen LogP contribution in [0.4, 0.5) is 16.0 Å². The molecule has 1 aliphatic rings. The van der Waals surface area contributed by atoms with Crippen LogP contribution in [0.5, 0.6) is 11.5 Å². The van der Waals surface area contributed by atoms with Gasteiger partial charge in [0.2, 0.25) is 5.95 Å². The molecule has 1 saturated heterocycles. The number of hydrogen-bond acceptors (Lipinski definition) is 6. The molecule has 0 aliphatic carbocycles. The zero-order valence-corrected chi connectivity index (χ0v) is 23.2. The average molecular weight is 531 g/mol. The molecule has 0 saturated carbocycles. The van der Waals surface area contributed by atoms with Crippen LogP contribution in [0.1, 0.15) is 51.0 Å². The summed E-state index contributed by atoms with van der Waals surface area (Å²) in [6, 6.07) is 15.2. The molecule has 3 heterocycles. The number of halogens is 1. The van der Waals surface area contributed by atoms with E-state index in [1.165, 1.54) is 12.1 Å². The fourth-order valence-electron chi connectivity index (χ4n) is 5.48. The van der Waals surface area contributed by atoms with Gasteiger partial charge in [0.25, 0.3) is 5.91 Å². The highest BCUT2D eigenvalue weighted by Gasteiger charge is 2.43. The summed E-state index contributed by atoms with van der Waals surface area (Å²) >= 11 is 0. The number of hydrogen-bond donors (Lipinski definition) is 2. The van der Waals surface area contributed by atoms with Gasteiger partial charge in [-0.3, -0.25) is 14.7 Å². The predicted molar refractivity (Wildman–Crippen MR) is 151 cm³/mol. The lowest BCUT2D eigenvalue weighted by molar-refractivity contribution is -0.0169. The van der Waals surface area contributed by atoms with E-state index in [0.29, 0.717) is 23.1 Å². The molecule has 0 bridgehead atoms. The Morgan fingerprint density at radius 3 is 2.33 bits per heavy atom. The monoisotopic (exact) mass is 530 g/mol. The molecule has 4 aromatic rings. The molecule has 1 aliphatic heterocycles. The Kier molecular flexibility index (Phi) is 6.80. The van der Waals surface area contributed by atoms with Gasteiger partial charge in [-0.2, -0.15) is 0 Å². The van der Waals surface area contributed by atoms with Crippen molar-refractivity contribution in [3.63, 3.8) is 0 Å². The maximum Gasteiger partial charge on any atom is 0.270 e. The fourth-order valence-corrected chi connectivity index (χ4v) is 5.48. The van der Waals surface area contributed by atoms with Crippen LogP contribution in [0.15, 0.2) is 60.8 Å².